The molecule has 0 atom stereocenters. The van der Waals surface area contributed by atoms with Crippen LogP contribution in [0.2, 0.25) is 0 Å². The fourth-order valence-electron chi connectivity index (χ4n) is 0.783. The minimum absolute atomic E-state index is 0.658. The lowest BCUT2D eigenvalue weighted by Gasteiger charge is -2.00. The molecule has 0 saturated carbocycles. The molecule has 0 bridgehead atoms. The Balaban J connectivity index is 2.81. The molecule has 0 fully saturated rings. The molecular formula is C7H8BClO2. The van der Waals surface area contributed by atoms with Gasteiger partial charge >= 0.3 is 7.12 Å². The van der Waals surface area contributed by atoms with Crippen LogP contribution in [0.5, 0.6) is 0 Å². The third kappa shape index (κ3) is 2.22. The van der Waals surface area contributed by atoms with E-state index in [0.717, 1.165) is 5.56 Å². The van der Waals surface area contributed by atoms with Crippen molar-refractivity contribution >= 4 is 24.4 Å². The predicted octanol–water partition coefficient (Wildman–Crippen LogP) is 0.853. The van der Waals surface area contributed by atoms with Crippen LogP contribution < -0.4 is 5.46 Å². The van der Waals surface area contributed by atoms with E-state index in [0.29, 0.717) is 5.46 Å². The zero-order chi connectivity index (χ0) is 8.27. The summed E-state index contributed by atoms with van der Waals surface area (Å²) in [5, 5.41) is 9.07. The summed E-state index contributed by atoms with van der Waals surface area (Å²) in [6.07, 6.45) is 0. The van der Waals surface area contributed by atoms with Gasteiger partial charge < -0.3 is 9.23 Å². The molecule has 2 nitrogen and oxygen atoms in total. The van der Waals surface area contributed by atoms with Gasteiger partial charge in [-0.25, -0.2) is 0 Å². The second kappa shape index (κ2) is 3.76. The van der Waals surface area contributed by atoms with E-state index in [4.69, 9.17) is 16.9 Å². The van der Waals surface area contributed by atoms with E-state index in [9.17, 15) is 0 Å². The Morgan fingerprint density at radius 1 is 1.36 bits per heavy atom. The van der Waals surface area contributed by atoms with Gasteiger partial charge in [0.2, 0.25) is 0 Å². The van der Waals surface area contributed by atoms with E-state index < -0.39 is 7.12 Å². The normalized spacial score (nSPS) is 9.73. The lowest BCUT2D eigenvalue weighted by molar-refractivity contribution is 0.457. The Morgan fingerprint density at radius 2 is 1.91 bits per heavy atom. The first kappa shape index (κ1) is 8.59. The highest BCUT2D eigenvalue weighted by molar-refractivity contribution is 6.63. The van der Waals surface area contributed by atoms with Crippen LogP contribution in [-0.2, 0) is 4.21 Å². The third-order valence-corrected chi connectivity index (χ3v) is 1.62. The van der Waals surface area contributed by atoms with E-state index in [1.807, 2.05) is 19.1 Å². The molecule has 1 aromatic rings. The average molecular weight is 170 g/mol. The van der Waals surface area contributed by atoms with Gasteiger partial charge in [-0.05, 0) is 12.4 Å². The average Bonchev–Trinajstić information content (AvgIpc) is 2.05. The maximum Gasteiger partial charge on any atom is 0.508 e. The fourth-order valence-corrected chi connectivity index (χ4v) is 0.885. The Hall–Kier alpha value is -0.505. The maximum absolute atomic E-state index is 9.07. The Labute approximate surface area is 71.1 Å². The molecule has 11 heavy (non-hydrogen) atoms. The van der Waals surface area contributed by atoms with Crippen LogP contribution in [0, 0.1) is 6.92 Å². The van der Waals surface area contributed by atoms with Crippen molar-refractivity contribution in [3.8, 4) is 0 Å². The lowest BCUT2D eigenvalue weighted by Crippen LogP contribution is -2.30. The zero-order valence-corrected chi connectivity index (χ0v) is 6.88. The van der Waals surface area contributed by atoms with Crippen molar-refractivity contribution in [3.63, 3.8) is 0 Å². The van der Waals surface area contributed by atoms with Gasteiger partial charge in [0.15, 0.2) is 0 Å². The van der Waals surface area contributed by atoms with Crippen molar-refractivity contribution in [2.75, 3.05) is 0 Å². The monoisotopic (exact) mass is 170 g/mol. The molecule has 0 spiro atoms. The lowest BCUT2D eigenvalue weighted by atomic mass is 9.80. The number of aryl methyl sites for hydroxylation is 1. The van der Waals surface area contributed by atoms with Gasteiger partial charge in [0.25, 0.3) is 0 Å². The van der Waals surface area contributed by atoms with Gasteiger partial charge in [-0.3, -0.25) is 0 Å². The summed E-state index contributed by atoms with van der Waals surface area (Å²) in [7, 11) is -1.03. The highest BCUT2D eigenvalue weighted by Crippen LogP contribution is 1.95. The molecule has 0 radical (unpaired) electrons. The van der Waals surface area contributed by atoms with Crippen molar-refractivity contribution in [2.45, 2.75) is 6.92 Å². The number of hydrogen-bond donors (Lipinski definition) is 1. The first-order valence-electron chi connectivity index (χ1n) is 3.26. The van der Waals surface area contributed by atoms with Crippen molar-refractivity contribution in [1.29, 1.82) is 0 Å². The molecular weight excluding hydrogens is 162 g/mol. The molecule has 0 heterocycles. The van der Waals surface area contributed by atoms with Gasteiger partial charge in [0.05, 0.1) is 0 Å². The van der Waals surface area contributed by atoms with Gasteiger partial charge in [-0.15, -0.1) is 0 Å². The van der Waals surface area contributed by atoms with E-state index >= 15 is 0 Å². The molecule has 58 valence electrons. The topological polar surface area (TPSA) is 29.5 Å². The van der Waals surface area contributed by atoms with Crippen molar-refractivity contribution in [3.05, 3.63) is 29.8 Å². The van der Waals surface area contributed by atoms with E-state index in [-0.39, 0.29) is 0 Å². The maximum atomic E-state index is 9.07. The number of rotatable bonds is 2. The molecule has 1 rings (SSSR count). The Bertz CT molecular complexity index is 224. The van der Waals surface area contributed by atoms with Crippen LogP contribution in [0.3, 0.4) is 0 Å². The van der Waals surface area contributed by atoms with Crippen LogP contribution in [0.4, 0.5) is 0 Å². The standard InChI is InChI=1S/C7H8BClO2/c1-6-2-4-7(5-3-6)8(10)11-9/h2-5,10H,1H3. The molecule has 1 N–H and O–H groups in total. The summed E-state index contributed by atoms with van der Waals surface area (Å²) in [6, 6.07) is 7.30. The van der Waals surface area contributed by atoms with Crippen LogP contribution in [0.25, 0.3) is 0 Å². The van der Waals surface area contributed by atoms with Crippen LogP contribution in [0.15, 0.2) is 24.3 Å². The van der Waals surface area contributed by atoms with Gasteiger partial charge in [0, 0.05) is 11.9 Å². The number of hydrogen-bond acceptors (Lipinski definition) is 2. The summed E-state index contributed by atoms with van der Waals surface area (Å²) < 4.78 is 4.20. The highest BCUT2D eigenvalue weighted by atomic mass is 35.5. The van der Waals surface area contributed by atoms with Gasteiger partial charge in [0.1, 0.15) is 0 Å². The number of halogens is 1. The molecule has 0 aliphatic heterocycles. The second-order valence-electron chi connectivity index (χ2n) is 2.35. The minimum atomic E-state index is -1.03. The molecule has 0 aliphatic carbocycles. The van der Waals surface area contributed by atoms with Crippen molar-refractivity contribution in [2.24, 2.45) is 0 Å². The van der Waals surface area contributed by atoms with Crippen molar-refractivity contribution in [1.82, 2.24) is 0 Å². The molecule has 4 heteroatoms. The van der Waals surface area contributed by atoms with Crippen molar-refractivity contribution < 1.29 is 9.23 Å². The second-order valence-corrected chi connectivity index (χ2v) is 2.53. The van der Waals surface area contributed by atoms with E-state index in [1.165, 1.54) is 0 Å². The smallest absolute Gasteiger partial charge is 0.422 e. The molecule has 0 saturated heterocycles. The van der Waals surface area contributed by atoms with E-state index in [1.54, 1.807) is 12.1 Å². The molecule has 0 amide bonds. The predicted molar refractivity (Wildman–Crippen MR) is 45.7 cm³/mol. The van der Waals surface area contributed by atoms with E-state index in [2.05, 4.69) is 4.21 Å². The third-order valence-electron chi connectivity index (χ3n) is 1.45. The van der Waals surface area contributed by atoms with Gasteiger partial charge in [-0.1, -0.05) is 29.8 Å². The Morgan fingerprint density at radius 3 is 2.36 bits per heavy atom. The summed E-state index contributed by atoms with van der Waals surface area (Å²) >= 11 is 4.98. The molecule has 0 unspecified atom stereocenters. The highest BCUT2D eigenvalue weighted by Gasteiger charge is 2.14. The first-order chi connectivity index (χ1) is 5.24. The minimum Gasteiger partial charge on any atom is -0.422 e. The summed E-state index contributed by atoms with van der Waals surface area (Å²) in [4.78, 5) is 0. The van der Waals surface area contributed by atoms with Gasteiger partial charge in [-0.2, -0.15) is 0 Å². The van der Waals surface area contributed by atoms with Crippen LogP contribution in [-0.4, -0.2) is 12.1 Å². The summed E-state index contributed by atoms with van der Waals surface area (Å²) in [6.45, 7) is 1.97. The quantitative estimate of drug-likeness (QED) is 0.667. The summed E-state index contributed by atoms with van der Waals surface area (Å²) in [5.41, 5.74) is 1.79. The first-order valence-corrected chi connectivity index (χ1v) is 3.57. The Kier molecular flexibility index (Phi) is 2.94. The number of benzene rings is 1. The fraction of sp³-hybridized carbons (Fsp3) is 0.143. The SMILES string of the molecule is Cc1ccc(B(O)OCl)cc1. The zero-order valence-electron chi connectivity index (χ0n) is 6.12. The summed E-state index contributed by atoms with van der Waals surface area (Å²) in [5.74, 6) is 0. The largest absolute Gasteiger partial charge is 0.508 e. The molecule has 0 aromatic heterocycles. The van der Waals surface area contributed by atoms with Crippen LogP contribution in [0.1, 0.15) is 5.56 Å². The van der Waals surface area contributed by atoms with Crippen LogP contribution >= 0.6 is 11.9 Å². The molecule has 0 aliphatic rings. The molecule has 1 aromatic carbocycles.